The molecule has 0 spiro atoms. The fourth-order valence-electron chi connectivity index (χ4n) is 2.52. The Morgan fingerprint density at radius 1 is 1.48 bits per heavy atom. The number of benzene rings is 1. The van der Waals surface area contributed by atoms with Gasteiger partial charge in [-0.3, -0.25) is 4.79 Å². The Labute approximate surface area is 131 Å². The van der Waals surface area contributed by atoms with Crippen molar-refractivity contribution in [2.45, 2.75) is 18.9 Å². The van der Waals surface area contributed by atoms with Gasteiger partial charge in [-0.25, -0.2) is 4.68 Å². The van der Waals surface area contributed by atoms with Gasteiger partial charge in [0.1, 0.15) is 4.47 Å². The monoisotopic (exact) mass is 348 g/mol. The third-order valence-electron chi connectivity index (χ3n) is 3.76. The first-order chi connectivity index (χ1) is 10.1. The first-order valence-electron chi connectivity index (χ1n) is 6.95. The third kappa shape index (κ3) is 2.95. The number of para-hydroxylation sites is 1. The maximum Gasteiger partial charge on any atom is 0.282 e. The molecule has 0 aliphatic carbocycles. The number of nitrogens with one attached hydrogen (secondary N) is 2. The van der Waals surface area contributed by atoms with Crippen molar-refractivity contribution in [1.29, 1.82) is 0 Å². The maximum atomic E-state index is 11.8. The Hall–Kier alpha value is -1.82. The van der Waals surface area contributed by atoms with Crippen LogP contribution in [0.5, 0.6) is 0 Å². The lowest BCUT2D eigenvalue weighted by molar-refractivity contribution is 0.652. The van der Waals surface area contributed by atoms with E-state index in [-0.39, 0.29) is 5.56 Å². The molecule has 6 heteroatoms. The summed E-state index contributed by atoms with van der Waals surface area (Å²) in [5, 5.41) is 10.9. The lowest BCUT2D eigenvalue weighted by Crippen LogP contribution is -2.33. The smallest absolute Gasteiger partial charge is 0.282 e. The molecular formula is C15H17BrN4O. The molecule has 1 aliphatic heterocycles. The Balaban J connectivity index is 1.67. The number of hydrogen-bond acceptors (Lipinski definition) is 4. The van der Waals surface area contributed by atoms with Crippen molar-refractivity contribution in [2.24, 2.45) is 7.05 Å². The van der Waals surface area contributed by atoms with Crippen LogP contribution in [0.2, 0.25) is 0 Å². The van der Waals surface area contributed by atoms with Crippen LogP contribution < -0.4 is 16.2 Å². The van der Waals surface area contributed by atoms with Crippen molar-refractivity contribution in [3.05, 3.63) is 50.9 Å². The SMILES string of the molecule is Cn1ncc(NCC2CCc3ccccc3N2)c(Br)c1=O. The molecule has 2 aromatic rings. The lowest BCUT2D eigenvalue weighted by atomic mass is 9.98. The van der Waals surface area contributed by atoms with Crippen LogP contribution in [0.15, 0.2) is 39.7 Å². The lowest BCUT2D eigenvalue weighted by Gasteiger charge is -2.27. The Kier molecular flexibility index (Phi) is 3.96. The van der Waals surface area contributed by atoms with Gasteiger partial charge >= 0.3 is 0 Å². The topological polar surface area (TPSA) is 59.0 Å². The molecule has 1 aromatic carbocycles. The van der Waals surface area contributed by atoms with E-state index < -0.39 is 0 Å². The molecule has 0 fully saturated rings. The summed E-state index contributed by atoms with van der Waals surface area (Å²) in [6.07, 6.45) is 3.81. The van der Waals surface area contributed by atoms with Gasteiger partial charge in [0.2, 0.25) is 0 Å². The Morgan fingerprint density at radius 2 is 2.29 bits per heavy atom. The fraction of sp³-hybridized carbons (Fsp3) is 0.333. The molecule has 1 unspecified atom stereocenters. The zero-order chi connectivity index (χ0) is 14.8. The van der Waals surface area contributed by atoms with Crippen LogP contribution in [-0.2, 0) is 13.5 Å². The van der Waals surface area contributed by atoms with E-state index in [1.165, 1.54) is 15.9 Å². The van der Waals surface area contributed by atoms with Gasteiger partial charge in [-0.15, -0.1) is 0 Å². The number of hydrogen-bond donors (Lipinski definition) is 2. The highest BCUT2D eigenvalue weighted by molar-refractivity contribution is 9.10. The number of nitrogens with zero attached hydrogens (tertiary/aromatic N) is 2. The molecule has 0 amide bonds. The van der Waals surface area contributed by atoms with Crippen molar-refractivity contribution in [2.75, 3.05) is 17.2 Å². The summed E-state index contributed by atoms with van der Waals surface area (Å²) in [5.41, 5.74) is 3.17. The summed E-state index contributed by atoms with van der Waals surface area (Å²) in [5.74, 6) is 0. The van der Waals surface area contributed by atoms with Gasteiger partial charge in [0.15, 0.2) is 0 Å². The van der Waals surface area contributed by atoms with Crippen LogP contribution in [0, 0.1) is 0 Å². The van der Waals surface area contributed by atoms with Crippen LogP contribution in [-0.4, -0.2) is 22.4 Å². The molecule has 5 nitrogen and oxygen atoms in total. The summed E-state index contributed by atoms with van der Waals surface area (Å²) >= 11 is 3.33. The van der Waals surface area contributed by atoms with Crippen LogP contribution in [0.3, 0.4) is 0 Å². The van der Waals surface area contributed by atoms with Gasteiger partial charge in [-0.2, -0.15) is 5.10 Å². The Bertz CT molecular complexity index is 713. The second kappa shape index (κ2) is 5.89. The average Bonchev–Trinajstić information content (AvgIpc) is 2.52. The van der Waals surface area contributed by atoms with E-state index >= 15 is 0 Å². The minimum absolute atomic E-state index is 0.137. The van der Waals surface area contributed by atoms with Gasteiger partial charge in [-0.05, 0) is 40.4 Å². The quantitative estimate of drug-likeness (QED) is 0.893. The zero-order valence-corrected chi connectivity index (χ0v) is 13.4. The highest BCUT2D eigenvalue weighted by atomic mass is 79.9. The average molecular weight is 349 g/mol. The molecular weight excluding hydrogens is 332 g/mol. The summed E-state index contributed by atoms with van der Waals surface area (Å²) < 4.78 is 1.83. The molecule has 0 radical (unpaired) electrons. The molecule has 2 N–H and O–H groups in total. The van der Waals surface area contributed by atoms with E-state index in [1.54, 1.807) is 13.2 Å². The van der Waals surface area contributed by atoms with Gasteiger partial charge in [0.05, 0.1) is 11.9 Å². The normalized spacial score (nSPS) is 17.0. The van der Waals surface area contributed by atoms with Crippen molar-refractivity contribution in [3.63, 3.8) is 0 Å². The molecule has 21 heavy (non-hydrogen) atoms. The molecule has 0 bridgehead atoms. The maximum absolute atomic E-state index is 11.8. The Morgan fingerprint density at radius 3 is 3.14 bits per heavy atom. The van der Waals surface area contributed by atoms with Crippen molar-refractivity contribution in [1.82, 2.24) is 9.78 Å². The first-order valence-corrected chi connectivity index (χ1v) is 7.74. The molecule has 0 saturated heterocycles. The largest absolute Gasteiger partial charge is 0.381 e. The molecule has 1 atom stereocenters. The first kappa shape index (κ1) is 14.1. The summed E-state index contributed by atoms with van der Waals surface area (Å²) in [4.78, 5) is 11.8. The number of rotatable bonds is 3. The molecule has 0 saturated carbocycles. The number of aromatic nitrogens is 2. The second-order valence-corrected chi connectivity index (χ2v) is 6.01. The minimum atomic E-state index is -0.137. The molecule has 1 aromatic heterocycles. The second-order valence-electron chi connectivity index (χ2n) is 5.22. The van der Waals surface area contributed by atoms with Gasteiger partial charge in [0.25, 0.3) is 5.56 Å². The van der Waals surface area contributed by atoms with Gasteiger partial charge < -0.3 is 10.6 Å². The van der Waals surface area contributed by atoms with Gasteiger partial charge in [-0.1, -0.05) is 18.2 Å². The van der Waals surface area contributed by atoms with Crippen LogP contribution in [0.1, 0.15) is 12.0 Å². The van der Waals surface area contributed by atoms with E-state index in [9.17, 15) is 4.79 Å². The van der Waals surface area contributed by atoms with Crippen molar-refractivity contribution >= 4 is 27.3 Å². The molecule has 3 rings (SSSR count). The number of aryl methyl sites for hydroxylation is 2. The highest BCUT2D eigenvalue weighted by Gasteiger charge is 2.17. The number of halogens is 1. The molecule has 110 valence electrons. The number of fused-ring (bicyclic) bond motifs is 1. The van der Waals surface area contributed by atoms with Crippen LogP contribution in [0.25, 0.3) is 0 Å². The van der Waals surface area contributed by atoms with E-state index in [0.29, 0.717) is 10.5 Å². The summed E-state index contributed by atoms with van der Waals surface area (Å²) in [6, 6.07) is 8.73. The number of anilines is 2. The minimum Gasteiger partial charge on any atom is -0.381 e. The van der Waals surface area contributed by atoms with E-state index in [1.807, 2.05) is 6.07 Å². The highest BCUT2D eigenvalue weighted by Crippen LogP contribution is 2.24. The predicted octanol–water partition coefficient (Wildman–Crippen LogP) is 2.38. The zero-order valence-electron chi connectivity index (χ0n) is 11.8. The van der Waals surface area contributed by atoms with Crippen molar-refractivity contribution < 1.29 is 0 Å². The third-order valence-corrected chi connectivity index (χ3v) is 4.52. The van der Waals surface area contributed by atoms with E-state index in [0.717, 1.165) is 25.1 Å². The summed E-state index contributed by atoms with van der Waals surface area (Å²) in [7, 11) is 1.64. The fourth-order valence-corrected chi connectivity index (χ4v) is 3.02. The standard InChI is InChI=1S/C15H17BrN4O/c1-20-15(21)14(16)13(9-18-20)17-8-11-7-6-10-4-2-3-5-12(10)19-11/h2-5,9,11,17,19H,6-8H2,1H3. The molecule has 2 heterocycles. The summed E-state index contributed by atoms with van der Waals surface area (Å²) in [6.45, 7) is 0.752. The van der Waals surface area contributed by atoms with Gasteiger partial charge in [0, 0.05) is 25.3 Å². The van der Waals surface area contributed by atoms with Crippen LogP contribution in [0.4, 0.5) is 11.4 Å². The van der Waals surface area contributed by atoms with E-state index in [2.05, 4.69) is 49.9 Å². The predicted molar refractivity (Wildman–Crippen MR) is 87.8 cm³/mol. The van der Waals surface area contributed by atoms with Crippen LogP contribution >= 0.6 is 15.9 Å². The molecule has 1 aliphatic rings. The van der Waals surface area contributed by atoms with Crippen molar-refractivity contribution in [3.8, 4) is 0 Å². The van der Waals surface area contributed by atoms with E-state index in [4.69, 9.17) is 0 Å².